The fourth-order valence-corrected chi connectivity index (χ4v) is 4.75. The molecule has 1 aromatic carbocycles. The van der Waals surface area contributed by atoms with E-state index in [4.69, 9.17) is 15.5 Å². The Morgan fingerprint density at radius 3 is 2.54 bits per heavy atom. The van der Waals surface area contributed by atoms with Gasteiger partial charge in [0.05, 0.1) is 6.61 Å². The number of benzene rings is 1. The SMILES string of the molecule is Cl.Cl.NC1CCN([C@H](c2ccc3nnc(-c4ccc5cccc(OCC6CC6)c5n4)n3c2)C(F)(F)F)C1. The third-order valence-electron chi connectivity index (χ3n) is 6.76. The van der Waals surface area contributed by atoms with Gasteiger partial charge >= 0.3 is 6.18 Å². The van der Waals surface area contributed by atoms with Gasteiger partial charge < -0.3 is 10.5 Å². The summed E-state index contributed by atoms with van der Waals surface area (Å²) in [5.41, 5.74) is 7.67. The number of nitrogens with two attached hydrogens (primary N) is 1. The van der Waals surface area contributed by atoms with Crippen LogP contribution in [0.1, 0.15) is 30.9 Å². The topological polar surface area (TPSA) is 81.6 Å². The summed E-state index contributed by atoms with van der Waals surface area (Å²) >= 11 is 0. The second-order valence-corrected chi connectivity index (χ2v) is 9.48. The minimum absolute atomic E-state index is 0. The molecule has 6 rings (SSSR count). The standard InChI is InChI=1S/C25H25F3N6O.2ClH/c26-25(27,28)23(33-11-10-18(29)13-33)17-7-9-21-31-32-24(34(21)12-17)19-8-6-16-2-1-3-20(22(16)30-19)35-14-15-4-5-15;;/h1-3,6-9,12,15,18,23H,4-5,10-11,13-14,29H2;2*1H/t18?,23-;;/m1../s1. The lowest BCUT2D eigenvalue weighted by atomic mass is 10.1. The number of fused-ring (bicyclic) bond motifs is 2. The summed E-state index contributed by atoms with van der Waals surface area (Å²) in [6.07, 6.45) is -0.0760. The molecule has 7 nitrogen and oxygen atoms in total. The Labute approximate surface area is 224 Å². The van der Waals surface area contributed by atoms with Crippen molar-refractivity contribution in [1.29, 1.82) is 0 Å². The van der Waals surface area contributed by atoms with Crippen molar-refractivity contribution in [2.75, 3.05) is 19.7 Å². The molecule has 0 bridgehead atoms. The van der Waals surface area contributed by atoms with Gasteiger partial charge in [-0.1, -0.05) is 24.3 Å². The molecule has 4 aromatic rings. The van der Waals surface area contributed by atoms with Gasteiger partial charge in [0.2, 0.25) is 0 Å². The summed E-state index contributed by atoms with van der Waals surface area (Å²) in [7, 11) is 0. The van der Waals surface area contributed by atoms with Crippen LogP contribution >= 0.6 is 24.8 Å². The lowest BCUT2D eigenvalue weighted by molar-refractivity contribution is -0.183. The Morgan fingerprint density at radius 1 is 1.03 bits per heavy atom. The Morgan fingerprint density at radius 2 is 1.84 bits per heavy atom. The van der Waals surface area contributed by atoms with Gasteiger partial charge in [-0.15, -0.1) is 35.0 Å². The summed E-state index contributed by atoms with van der Waals surface area (Å²) < 4.78 is 50.0. The molecular formula is C25H27Cl2F3N6O. The van der Waals surface area contributed by atoms with Gasteiger partial charge in [0.25, 0.3) is 0 Å². The van der Waals surface area contributed by atoms with E-state index in [1.54, 1.807) is 16.5 Å². The molecule has 12 heteroatoms. The monoisotopic (exact) mass is 554 g/mol. The van der Waals surface area contributed by atoms with E-state index in [9.17, 15) is 13.2 Å². The third kappa shape index (κ3) is 5.47. The number of hydrogen-bond acceptors (Lipinski definition) is 6. The van der Waals surface area contributed by atoms with Gasteiger partial charge in [0.15, 0.2) is 11.5 Å². The van der Waals surface area contributed by atoms with Crippen LogP contribution in [-0.2, 0) is 0 Å². The Kier molecular flexibility index (Phi) is 7.85. The highest BCUT2D eigenvalue weighted by molar-refractivity contribution is 5.86. The van der Waals surface area contributed by atoms with E-state index >= 15 is 0 Å². The van der Waals surface area contributed by atoms with E-state index in [1.807, 2.05) is 24.3 Å². The number of halogens is 5. The Hall–Kier alpha value is -2.66. The predicted octanol–water partition coefficient (Wildman–Crippen LogP) is 5.21. The van der Waals surface area contributed by atoms with Gasteiger partial charge in [-0.3, -0.25) is 9.30 Å². The van der Waals surface area contributed by atoms with Crippen molar-refractivity contribution in [3.05, 3.63) is 54.2 Å². The van der Waals surface area contributed by atoms with Crippen LogP contribution in [0.3, 0.4) is 0 Å². The molecular weight excluding hydrogens is 528 g/mol. The second-order valence-electron chi connectivity index (χ2n) is 9.48. The van der Waals surface area contributed by atoms with Crippen molar-refractivity contribution >= 4 is 41.4 Å². The smallest absolute Gasteiger partial charge is 0.408 e. The zero-order chi connectivity index (χ0) is 24.2. The summed E-state index contributed by atoms with van der Waals surface area (Å²) in [5.74, 6) is 1.66. The molecule has 4 heterocycles. The van der Waals surface area contributed by atoms with Crippen LogP contribution in [0.25, 0.3) is 28.1 Å². The van der Waals surface area contributed by atoms with Crippen LogP contribution in [0.5, 0.6) is 5.75 Å². The molecule has 0 spiro atoms. The Bertz CT molecular complexity index is 1390. The minimum atomic E-state index is -4.44. The van der Waals surface area contributed by atoms with Crippen molar-refractivity contribution in [3.8, 4) is 17.3 Å². The molecule has 1 saturated heterocycles. The molecule has 1 unspecified atom stereocenters. The van der Waals surface area contributed by atoms with E-state index in [-0.39, 0.29) is 43.0 Å². The average Bonchev–Trinajstić information content (AvgIpc) is 3.42. The normalized spacial score (nSPS) is 19.0. The number of ether oxygens (including phenoxy) is 1. The molecule has 0 amide bonds. The lowest BCUT2D eigenvalue weighted by Crippen LogP contribution is -2.38. The zero-order valence-electron chi connectivity index (χ0n) is 19.8. The van der Waals surface area contributed by atoms with E-state index in [0.717, 1.165) is 5.39 Å². The molecule has 2 atom stereocenters. The summed E-state index contributed by atoms with van der Waals surface area (Å²) in [6.45, 7) is 1.16. The summed E-state index contributed by atoms with van der Waals surface area (Å²) in [4.78, 5) is 6.18. The van der Waals surface area contributed by atoms with E-state index in [1.165, 1.54) is 30.0 Å². The number of alkyl halides is 3. The predicted molar refractivity (Wildman–Crippen MR) is 139 cm³/mol. The average molecular weight is 555 g/mol. The molecule has 0 radical (unpaired) electrons. The first-order valence-electron chi connectivity index (χ1n) is 11.8. The molecule has 198 valence electrons. The number of likely N-dealkylation sites (tertiary alicyclic amines) is 1. The number of nitrogens with zero attached hydrogens (tertiary/aromatic N) is 5. The fraction of sp³-hybridized carbons (Fsp3) is 0.400. The van der Waals surface area contributed by atoms with Crippen LogP contribution in [0, 0.1) is 5.92 Å². The summed E-state index contributed by atoms with van der Waals surface area (Å²) in [6, 6.07) is 10.5. The largest absolute Gasteiger partial charge is 0.491 e. The minimum Gasteiger partial charge on any atom is -0.491 e. The molecule has 37 heavy (non-hydrogen) atoms. The first kappa shape index (κ1) is 27.4. The van der Waals surface area contributed by atoms with Crippen molar-refractivity contribution in [2.24, 2.45) is 11.7 Å². The molecule has 1 saturated carbocycles. The quantitative estimate of drug-likeness (QED) is 0.352. The highest BCUT2D eigenvalue weighted by Crippen LogP contribution is 2.39. The molecule has 1 aliphatic carbocycles. The van der Waals surface area contributed by atoms with Gasteiger partial charge in [0.1, 0.15) is 23.0 Å². The number of aromatic nitrogens is 4. The second kappa shape index (κ2) is 10.6. The van der Waals surface area contributed by atoms with Crippen LogP contribution in [0.15, 0.2) is 48.7 Å². The number of hydrogen-bond donors (Lipinski definition) is 1. The van der Waals surface area contributed by atoms with Crippen molar-refractivity contribution in [3.63, 3.8) is 0 Å². The molecule has 1 aliphatic heterocycles. The number of pyridine rings is 2. The van der Waals surface area contributed by atoms with Crippen molar-refractivity contribution < 1.29 is 17.9 Å². The maximum atomic E-state index is 14.1. The lowest BCUT2D eigenvalue weighted by Gasteiger charge is -2.30. The van der Waals surface area contributed by atoms with E-state index < -0.39 is 12.2 Å². The fourth-order valence-electron chi connectivity index (χ4n) is 4.75. The first-order valence-corrected chi connectivity index (χ1v) is 11.8. The molecule has 2 aliphatic rings. The maximum absolute atomic E-state index is 14.1. The number of rotatable bonds is 6. The van der Waals surface area contributed by atoms with E-state index in [0.29, 0.717) is 53.9 Å². The third-order valence-corrected chi connectivity index (χ3v) is 6.76. The number of para-hydroxylation sites is 1. The van der Waals surface area contributed by atoms with Gasteiger partial charge in [-0.05, 0) is 48.9 Å². The molecule has 2 N–H and O–H groups in total. The van der Waals surface area contributed by atoms with E-state index in [2.05, 4.69) is 10.2 Å². The highest BCUT2D eigenvalue weighted by Gasteiger charge is 2.46. The highest BCUT2D eigenvalue weighted by atomic mass is 35.5. The van der Waals surface area contributed by atoms with Gasteiger partial charge in [-0.25, -0.2) is 4.98 Å². The van der Waals surface area contributed by atoms with Crippen molar-refractivity contribution in [1.82, 2.24) is 24.5 Å². The first-order chi connectivity index (χ1) is 16.9. The van der Waals surface area contributed by atoms with Gasteiger partial charge in [-0.2, -0.15) is 13.2 Å². The van der Waals surface area contributed by atoms with Crippen LogP contribution < -0.4 is 10.5 Å². The zero-order valence-corrected chi connectivity index (χ0v) is 21.4. The summed E-state index contributed by atoms with van der Waals surface area (Å²) in [5, 5.41) is 9.33. The maximum Gasteiger partial charge on any atom is 0.408 e. The van der Waals surface area contributed by atoms with Crippen LogP contribution in [-0.4, -0.2) is 56.4 Å². The molecule has 2 fully saturated rings. The van der Waals surface area contributed by atoms with Crippen molar-refractivity contribution in [2.45, 2.75) is 37.5 Å². The van der Waals surface area contributed by atoms with Gasteiger partial charge in [0, 0.05) is 30.7 Å². The Balaban J connectivity index is 0.00000160. The van der Waals surface area contributed by atoms with Crippen LogP contribution in [0.2, 0.25) is 0 Å². The van der Waals surface area contributed by atoms with Crippen LogP contribution in [0.4, 0.5) is 13.2 Å². The molecule has 3 aromatic heterocycles.